The van der Waals surface area contributed by atoms with E-state index in [1.54, 1.807) is 24.1 Å². The van der Waals surface area contributed by atoms with Crippen LogP contribution in [0.3, 0.4) is 0 Å². The summed E-state index contributed by atoms with van der Waals surface area (Å²) in [7, 11) is 1.74. The molecule has 0 atom stereocenters. The molecule has 7 heteroatoms. The van der Waals surface area contributed by atoms with Gasteiger partial charge in [0.25, 0.3) is 0 Å². The van der Waals surface area contributed by atoms with Crippen LogP contribution in [-0.4, -0.2) is 38.1 Å². The average molecular weight is 339 g/mol. The van der Waals surface area contributed by atoms with Crippen molar-refractivity contribution in [3.8, 4) is 11.4 Å². The van der Waals surface area contributed by atoms with Crippen molar-refractivity contribution in [2.24, 2.45) is 0 Å². The van der Waals surface area contributed by atoms with Crippen LogP contribution in [0.2, 0.25) is 0 Å². The normalized spacial score (nSPS) is 10.7. The summed E-state index contributed by atoms with van der Waals surface area (Å²) in [4.78, 5) is 15.2. The Bertz CT molecular complexity index is 892. The number of aryl methyl sites for hydroxylation is 1. The molecule has 0 aliphatic rings. The summed E-state index contributed by atoms with van der Waals surface area (Å²) >= 11 is 0. The number of nitrogens with zero attached hydrogens (tertiary/aromatic N) is 5. The highest BCUT2D eigenvalue weighted by Gasteiger charge is 2.14. The van der Waals surface area contributed by atoms with Gasteiger partial charge in [0.2, 0.25) is 11.7 Å². The second-order valence-corrected chi connectivity index (χ2v) is 5.83. The average Bonchev–Trinajstić information content (AvgIpc) is 3.05. The summed E-state index contributed by atoms with van der Waals surface area (Å²) in [6.07, 6.45) is 0. The molecule has 6 nitrogen and oxygen atoms in total. The number of hydrogen-bond donors (Lipinski definition) is 0. The Balaban J connectivity index is 1.66. The predicted molar refractivity (Wildman–Crippen MR) is 90.9 cm³/mol. The van der Waals surface area contributed by atoms with Crippen LogP contribution in [0.25, 0.3) is 11.4 Å². The zero-order valence-electron chi connectivity index (χ0n) is 14.1. The minimum Gasteiger partial charge on any atom is -0.340 e. The van der Waals surface area contributed by atoms with Crippen molar-refractivity contribution in [1.82, 2.24) is 25.1 Å². The molecule has 0 saturated carbocycles. The highest BCUT2D eigenvalue weighted by molar-refractivity contribution is 5.75. The first-order valence-corrected chi connectivity index (χ1v) is 7.85. The topological polar surface area (TPSA) is 63.9 Å². The second-order valence-electron chi connectivity index (χ2n) is 5.83. The third-order valence-electron chi connectivity index (χ3n) is 3.91. The molecule has 0 aliphatic heterocycles. The molecule has 0 bridgehead atoms. The zero-order valence-corrected chi connectivity index (χ0v) is 14.1. The van der Waals surface area contributed by atoms with E-state index in [9.17, 15) is 9.18 Å². The van der Waals surface area contributed by atoms with Crippen LogP contribution in [0.15, 0.2) is 48.5 Å². The smallest absolute Gasteiger partial charge is 0.246 e. The molecule has 1 heterocycles. The van der Waals surface area contributed by atoms with Gasteiger partial charge in [-0.25, -0.2) is 4.39 Å². The molecular formula is C18H18FN5O. The van der Waals surface area contributed by atoms with E-state index in [0.717, 1.165) is 11.1 Å². The lowest BCUT2D eigenvalue weighted by Crippen LogP contribution is -2.30. The maximum Gasteiger partial charge on any atom is 0.246 e. The van der Waals surface area contributed by atoms with E-state index in [-0.39, 0.29) is 24.1 Å². The molecule has 0 radical (unpaired) electrons. The number of aromatic nitrogens is 4. The van der Waals surface area contributed by atoms with Gasteiger partial charge in [-0.05, 0) is 35.4 Å². The van der Waals surface area contributed by atoms with Gasteiger partial charge in [0, 0.05) is 19.2 Å². The third-order valence-corrected chi connectivity index (χ3v) is 3.91. The molecule has 128 valence electrons. The molecule has 3 aromatic rings. The van der Waals surface area contributed by atoms with Crippen LogP contribution < -0.4 is 0 Å². The Kier molecular flexibility index (Phi) is 4.83. The monoisotopic (exact) mass is 339 g/mol. The maximum atomic E-state index is 13.3. The third kappa shape index (κ3) is 4.06. The van der Waals surface area contributed by atoms with Gasteiger partial charge in [0.1, 0.15) is 12.4 Å². The van der Waals surface area contributed by atoms with Gasteiger partial charge < -0.3 is 4.90 Å². The number of tetrazole rings is 1. The number of halogens is 1. The van der Waals surface area contributed by atoms with Crippen LogP contribution in [0.1, 0.15) is 11.1 Å². The van der Waals surface area contributed by atoms with Gasteiger partial charge in [-0.3, -0.25) is 4.79 Å². The van der Waals surface area contributed by atoms with E-state index in [1.807, 2.05) is 31.2 Å². The molecule has 25 heavy (non-hydrogen) atoms. The number of likely N-dealkylation sites (N-methyl/N-ethyl adjacent to an activating group) is 1. The number of benzene rings is 2. The first-order valence-electron chi connectivity index (χ1n) is 7.85. The molecule has 0 unspecified atom stereocenters. The van der Waals surface area contributed by atoms with Gasteiger partial charge in [-0.1, -0.05) is 36.4 Å². The maximum absolute atomic E-state index is 13.3. The van der Waals surface area contributed by atoms with Gasteiger partial charge >= 0.3 is 0 Å². The standard InChI is InChI=1S/C18H18FN5O/c1-13-6-3-4-7-15(13)11-23(2)17(25)12-24-21-18(20-22-24)14-8-5-9-16(19)10-14/h3-10H,11-12H2,1-2H3. The Labute approximate surface area is 144 Å². The molecule has 3 rings (SSSR count). The number of carbonyl (C=O) groups excluding carboxylic acids is 1. The van der Waals surface area contributed by atoms with Crippen molar-refractivity contribution in [1.29, 1.82) is 0 Å². The summed E-state index contributed by atoms with van der Waals surface area (Å²) in [6, 6.07) is 13.9. The quantitative estimate of drug-likeness (QED) is 0.716. The molecule has 1 aromatic heterocycles. The van der Waals surface area contributed by atoms with Crippen LogP contribution in [0, 0.1) is 12.7 Å². The van der Waals surface area contributed by atoms with Crippen LogP contribution >= 0.6 is 0 Å². The number of carbonyl (C=O) groups is 1. The lowest BCUT2D eigenvalue weighted by atomic mass is 10.1. The molecule has 1 amide bonds. The SMILES string of the molecule is Cc1ccccc1CN(C)C(=O)Cn1nnc(-c2cccc(F)c2)n1. The van der Waals surface area contributed by atoms with E-state index in [4.69, 9.17) is 0 Å². The first-order chi connectivity index (χ1) is 12.0. The lowest BCUT2D eigenvalue weighted by molar-refractivity contribution is -0.131. The van der Waals surface area contributed by atoms with Crippen LogP contribution in [0.4, 0.5) is 4.39 Å². The molecule has 0 spiro atoms. The summed E-state index contributed by atoms with van der Waals surface area (Å²) < 4.78 is 13.3. The lowest BCUT2D eigenvalue weighted by Gasteiger charge is -2.18. The fourth-order valence-corrected chi connectivity index (χ4v) is 2.43. The molecular weight excluding hydrogens is 321 g/mol. The van der Waals surface area contributed by atoms with Crippen LogP contribution in [0.5, 0.6) is 0 Å². The zero-order chi connectivity index (χ0) is 17.8. The van der Waals surface area contributed by atoms with Crippen molar-refractivity contribution in [3.63, 3.8) is 0 Å². The minimum absolute atomic E-state index is 0.0231. The highest BCUT2D eigenvalue weighted by atomic mass is 19.1. The van der Waals surface area contributed by atoms with Crippen molar-refractivity contribution in [2.45, 2.75) is 20.0 Å². The highest BCUT2D eigenvalue weighted by Crippen LogP contribution is 2.14. The fraction of sp³-hybridized carbons (Fsp3) is 0.222. The van der Waals surface area contributed by atoms with Crippen molar-refractivity contribution in [3.05, 3.63) is 65.5 Å². The largest absolute Gasteiger partial charge is 0.340 e. The van der Waals surface area contributed by atoms with Gasteiger partial charge in [0.15, 0.2) is 0 Å². The van der Waals surface area contributed by atoms with E-state index >= 15 is 0 Å². The van der Waals surface area contributed by atoms with Gasteiger partial charge in [0.05, 0.1) is 0 Å². The molecule has 0 saturated heterocycles. The van der Waals surface area contributed by atoms with Crippen molar-refractivity contribution < 1.29 is 9.18 Å². The molecule has 0 aliphatic carbocycles. The number of amides is 1. The van der Waals surface area contributed by atoms with Crippen molar-refractivity contribution in [2.75, 3.05) is 7.05 Å². The first kappa shape index (κ1) is 16.8. The Morgan fingerprint density at radius 1 is 1.20 bits per heavy atom. The predicted octanol–water partition coefficient (Wildman–Crippen LogP) is 2.45. The second kappa shape index (κ2) is 7.21. The molecule has 2 aromatic carbocycles. The summed E-state index contributed by atoms with van der Waals surface area (Å²) in [5.74, 6) is -0.219. The Morgan fingerprint density at radius 2 is 2.00 bits per heavy atom. The summed E-state index contributed by atoms with van der Waals surface area (Å²) in [5, 5.41) is 11.9. The van der Waals surface area contributed by atoms with Gasteiger partial charge in [-0.2, -0.15) is 4.80 Å². The Hall–Kier alpha value is -3.09. The fourth-order valence-electron chi connectivity index (χ4n) is 2.43. The number of hydrogen-bond acceptors (Lipinski definition) is 4. The van der Waals surface area contributed by atoms with Crippen LogP contribution in [-0.2, 0) is 17.9 Å². The van der Waals surface area contributed by atoms with E-state index in [0.29, 0.717) is 12.1 Å². The number of rotatable bonds is 5. The van der Waals surface area contributed by atoms with Gasteiger partial charge in [-0.15, -0.1) is 10.2 Å². The Morgan fingerprint density at radius 3 is 2.76 bits per heavy atom. The summed E-state index contributed by atoms with van der Waals surface area (Å²) in [5.41, 5.74) is 2.74. The van der Waals surface area contributed by atoms with E-state index < -0.39 is 0 Å². The van der Waals surface area contributed by atoms with E-state index in [1.165, 1.54) is 16.9 Å². The van der Waals surface area contributed by atoms with Crippen molar-refractivity contribution >= 4 is 5.91 Å². The summed E-state index contributed by atoms with van der Waals surface area (Å²) in [6.45, 7) is 2.50. The molecule has 0 fully saturated rings. The van der Waals surface area contributed by atoms with E-state index in [2.05, 4.69) is 15.4 Å². The molecule has 0 N–H and O–H groups in total. The minimum atomic E-state index is -0.372.